The second-order valence-electron chi connectivity index (χ2n) is 5.06. The van der Waals surface area contributed by atoms with E-state index in [4.69, 9.17) is 4.74 Å². The largest absolute Gasteiger partial charge is 0.471 e. The molecule has 1 fully saturated rings. The van der Waals surface area contributed by atoms with Gasteiger partial charge in [-0.3, -0.25) is 4.79 Å². The maximum Gasteiger partial charge on any atom is 0.471 e. The van der Waals surface area contributed by atoms with Crippen LogP contribution in [-0.4, -0.2) is 60.5 Å². The topological polar surface area (TPSA) is 58.6 Å². The van der Waals surface area contributed by atoms with Crippen molar-refractivity contribution in [3.05, 3.63) is 0 Å². The molecule has 1 aliphatic rings. The van der Waals surface area contributed by atoms with Gasteiger partial charge in [-0.05, 0) is 39.9 Å². The van der Waals surface area contributed by atoms with E-state index in [1.165, 1.54) is 0 Å². The lowest BCUT2D eigenvalue weighted by molar-refractivity contribution is -0.176. The third-order valence-electron chi connectivity index (χ3n) is 3.45. The zero-order chi connectivity index (χ0) is 16.3. The smallest absolute Gasteiger partial charge is 0.464 e. The van der Waals surface area contributed by atoms with Crippen LogP contribution in [0.3, 0.4) is 0 Å². The summed E-state index contributed by atoms with van der Waals surface area (Å²) >= 11 is 4.38. The second-order valence-corrected chi connectivity index (χ2v) is 5.95. The normalized spacial score (nSPS) is 20.7. The maximum atomic E-state index is 12.4. The van der Waals surface area contributed by atoms with Crippen LogP contribution in [0.5, 0.6) is 0 Å². The number of carbonyl (C=O) groups is 2. The molecule has 0 saturated carbocycles. The summed E-state index contributed by atoms with van der Waals surface area (Å²) < 4.78 is 41.0. The van der Waals surface area contributed by atoms with Crippen molar-refractivity contribution in [1.82, 2.24) is 10.2 Å². The van der Waals surface area contributed by atoms with Gasteiger partial charge in [-0.25, -0.2) is 4.79 Å². The number of thiol groups is 1. The SMILES string of the molecule is CCOC(=O)[C@@H](NC(=O)C(F)(F)F)C1(S)CCN(C)CC1. The number of carbonyl (C=O) groups excluding carboxylic acids is 2. The number of likely N-dealkylation sites (tertiary alicyclic amines) is 1. The van der Waals surface area contributed by atoms with Crippen LogP contribution >= 0.6 is 12.6 Å². The molecule has 0 aliphatic carbocycles. The van der Waals surface area contributed by atoms with Crippen molar-refractivity contribution in [2.24, 2.45) is 0 Å². The molecule has 1 heterocycles. The molecular weight excluding hydrogens is 309 g/mol. The summed E-state index contributed by atoms with van der Waals surface area (Å²) in [6.07, 6.45) is -4.32. The lowest BCUT2D eigenvalue weighted by atomic mass is 9.88. The lowest BCUT2D eigenvalue weighted by Crippen LogP contribution is -2.60. The minimum Gasteiger partial charge on any atom is -0.464 e. The van der Waals surface area contributed by atoms with Gasteiger partial charge in [0.1, 0.15) is 6.04 Å². The van der Waals surface area contributed by atoms with Crippen molar-refractivity contribution >= 4 is 24.5 Å². The van der Waals surface area contributed by atoms with Gasteiger partial charge in [-0.1, -0.05) is 0 Å². The van der Waals surface area contributed by atoms with Gasteiger partial charge in [0.05, 0.1) is 6.61 Å². The number of rotatable bonds is 4. The van der Waals surface area contributed by atoms with Crippen LogP contribution in [0.25, 0.3) is 0 Å². The summed E-state index contributed by atoms with van der Waals surface area (Å²) in [6, 6.07) is -1.43. The first-order chi connectivity index (χ1) is 9.60. The van der Waals surface area contributed by atoms with Crippen molar-refractivity contribution in [3.8, 4) is 0 Å². The van der Waals surface area contributed by atoms with Crippen molar-refractivity contribution in [3.63, 3.8) is 0 Å². The molecule has 21 heavy (non-hydrogen) atoms. The molecule has 122 valence electrons. The maximum absolute atomic E-state index is 12.4. The third-order valence-corrected chi connectivity index (χ3v) is 4.15. The van der Waals surface area contributed by atoms with Gasteiger partial charge in [0.2, 0.25) is 0 Å². The molecule has 0 aromatic rings. The lowest BCUT2D eigenvalue weighted by Gasteiger charge is -2.41. The van der Waals surface area contributed by atoms with E-state index in [0.717, 1.165) is 0 Å². The Bertz CT molecular complexity index is 396. The van der Waals surface area contributed by atoms with Gasteiger partial charge in [0.15, 0.2) is 0 Å². The van der Waals surface area contributed by atoms with E-state index in [2.05, 4.69) is 12.6 Å². The van der Waals surface area contributed by atoms with Crippen LogP contribution in [0.4, 0.5) is 13.2 Å². The Kier molecular flexibility index (Phi) is 5.92. The zero-order valence-corrected chi connectivity index (χ0v) is 12.8. The van der Waals surface area contributed by atoms with Crippen LogP contribution < -0.4 is 5.32 Å². The predicted molar refractivity (Wildman–Crippen MR) is 73.1 cm³/mol. The fourth-order valence-corrected chi connectivity index (χ4v) is 2.52. The summed E-state index contributed by atoms with van der Waals surface area (Å²) in [6.45, 7) is 2.70. The number of nitrogens with one attached hydrogen (secondary N) is 1. The summed E-state index contributed by atoms with van der Waals surface area (Å²) in [7, 11) is 1.86. The highest BCUT2D eigenvalue weighted by Crippen LogP contribution is 2.33. The summed E-state index contributed by atoms with van der Waals surface area (Å²) in [5, 5.41) is 1.73. The first-order valence-electron chi connectivity index (χ1n) is 6.55. The van der Waals surface area contributed by atoms with Crippen molar-refractivity contribution in [2.75, 3.05) is 26.7 Å². The molecule has 1 saturated heterocycles. The Morgan fingerprint density at radius 1 is 1.38 bits per heavy atom. The Morgan fingerprint density at radius 2 is 1.90 bits per heavy atom. The van der Waals surface area contributed by atoms with Crippen molar-refractivity contribution in [2.45, 2.75) is 36.7 Å². The Morgan fingerprint density at radius 3 is 2.33 bits per heavy atom. The first-order valence-corrected chi connectivity index (χ1v) is 7.00. The number of piperidine rings is 1. The average Bonchev–Trinajstić information content (AvgIpc) is 2.38. The molecular formula is C12H19F3N2O3S. The van der Waals surface area contributed by atoms with Gasteiger partial charge < -0.3 is 15.0 Å². The Hall–Kier alpha value is -0.960. The highest BCUT2D eigenvalue weighted by atomic mass is 32.1. The molecule has 9 heteroatoms. The van der Waals surface area contributed by atoms with E-state index in [1.807, 2.05) is 11.9 Å². The van der Waals surface area contributed by atoms with E-state index in [9.17, 15) is 22.8 Å². The van der Waals surface area contributed by atoms with Gasteiger partial charge in [0.25, 0.3) is 0 Å². The van der Waals surface area contributed by atoms with Crippen LogP contribution in [0, 0.1) is 0 Å². The van der Waals surface area contributed by atoms with E-state index < -0.39 is 28.8 Å². The number of alkyl halides is 3. The molecule has 1 aliphatic heterocycles. The second kappa shape index (κ2) is 6.87. The fourth-order valence-electron chi connectivity index (χ4n) is 2.15. The highest BCUT2D eigenvalue weighted by molar-refractivity contribution is 7.82. The molecule has 1 atom stereocenters. The molecule has 0 aromatic carbocycles. The molecule has 1 amide bonds. The van der Waals surface area contributed by atoms with Crippen LogP contribution in [0.15, 0.2) is 0 Å². The molecule has 0 unspecified atom stereocenters. The van der Waals surface area contributed by atoms with Gasteiger partial charge in [-0.15, -0.1) is 0 Å². The number of ether oxygens (including phenoxy) is 1. The minimum atomic E-state index is -5.06. The zero-order valence-electron chi connectivity index (χ0n) is 11.9. The number of hydrogen-bond acceptors (Lipinski definition) is 5. The van der Waals surface area contributed by atoms with Crippen molar-refractivity contribution in [1.29, 1.82) is 0 Å². The third kappa shape index (κ3) is 4.77. The standard InChI is InChI=1S/C12H19F3N2O3S/c1-3-20-9(18)8(16-10(19)12(13,14)15)11(21)4-6-17(2)7-5-11/h8,21H,3-7H2,1-2H3,(H,16,19)/t8-/m1/s1. The monoisotopic (exact) mass is 328 g/mol. The Balaban J connectivity index is 2.92. The number of esters is 1. The fraction of sp³-hybridized carbons (Fsp3) is 0.833. The van der Waals surface area contributed by atoms with Gasteiger partial charge in [0, 0.05) is 4.75 Å². The van der Waals surface area contributed by atoms with E-state index >= 15 is 0 Å². The average molecular weight is 328 g/mol. The molecule has 1 N–H and O–H groups in total. The quantitative estimate of drug-likeness (QED) is 0.597. The van der Waals surface area contributed by atoms with Crippen LogP contribution in [-0.2, 0) is 14.3 Å². The first kappa shape index (κ1) is 18.1. The molecule has 5 nitrogen and oxygen atoms in total. The number of halogens is 3. The van der Waals surface area contributed by atoms with Crippen molar-refractivity contribution < 1.29 is 27.5 Å². The molecule has 0 radical (unpaired) electrons. The van der Waals surface area contributed by atoms with Crippen LogP contribution in [0.2, 0.25) is 0 Å². The summed E-state index contributed by atoms with van der Waals surface area (Å²) in [5.41, 5.74) is 0. The van der Waals surface area contributed by atoms with E-state index in [1.54, 1.807) is 12.2 Å². The van der Waals surface area contributed by atoms with E-state index in [-0.39, 0.29) is 6.61 Å². The highest BCUT2D eigenvalue weighted by Gasteiger charge is 2.48. The molecule has 0 aromatic heterocycles. The molecule has 0 bridgehead atoms. The van der Waals surface area contributed by atoms with Crippen LogP contribution in [0.1, 0.15) is 19.8 Å². The predicted octanol–water partition coefficient (Wildman–Crippen LogP) is 0.991. The molecule has 1 rings (SSSR count). The molecule has 0 spiro atoms. The Labute approximate surface area is 126 Å². The number of hydrogen-bond donors (Lipinski definition) is 2. The summed E-state index contributed by atoms with van der Waals surface area (Å²) in [4.78, 5) is 25.0. The van der Waals surface area contributed by atoms with Gasteiger partial charge in [-0.2, -0.15) is 25.8 Å². The summed E-state index contributed by atoms with van der Waals surface area (Å²) in [5.74, 6) is -3.05. The number of amides is 1. The number of nitrogens with zero attached hydrogens (tertiary/aromatic N) is 1. The van der Waals surface area contributed by atoms with E-state index in [0.29, 0.717) is 25.9 Å². The minimum absolute atomic E-state index is 0.0149. The van der Waals surface area contributed by atoms with Gasteiger partial charge >= 0.3 is 18.1 Å².